The highest BCUT2D eigenvalue weighted by molar-refractivity contribution is 6.31. The monoisotopic (exact) mass is 496 g/mol. The van der Waals surface area contributed by atoms with Crippen molar-refractivity contribution >= 4 is 23.1 Å². The fraction of sp³-hybridized carbons (Fsp3) is 0.417. The zero-order valence-corrected chi connectivity index (χ0v) is 20.3. The minimum atomic E-state index is -2.86. The van der Waals surface area contributed by atoms with Gasteiger partial charge in [-0.1, -0.05) is 18.5 Å². The number of allylic oxidation sites excluding steroid dienone is 1. The van der Waals surface area contributed by atoms with E-state index in [1.54, 1.807) is 45.9 Å². The highest BCUT2D eigenvalue weighted by Gasteiger charge is 2.34. The van der Waals surface area contributed by atoms with Crippen LogP contribution in [0.25, 0.3) is 16.9 Å². The van der Waals surface area contributed by atoms with Crippen LogP contribution in [-0.4, -0.2) is 45.9 Å². The van der Waals surface area contributed by atoms with Gasteiger partial charge in [-0.25, -0.2) is 9.78 Å². The number of carbonyl (C=O) groups excluding carboxylic acids is 1. The first-order valence-corrected chi connectivity index (χ1v) is 11.0. The number of benzene rings is 1. The number of halogens is 3. The first-order chi connectivity index (χ1) is 15.9. The molecule has 2 unspecified atom stereocenters. The van der Waals surface area contributed by atoms with E-state index in [-0.39, 0.29) is 5.76 Å². The Labute approximate surface area is 201 Å². The molecule has 3 rings (SSSR count). The second-order valence-electron chi connectivity index (χ2n) is 8.65. The van der Waals surface area contributed by atoms with Crippen LogP contribution in [0.2, 0.25) is 5.02 Å². The van der Waals surface area contributed by atoms with E-state index in [0.29, 0.717) is 33.9 Å². The number of hydrogen-bond acceptors (Lipinski definition) is 7. The van der Waals surface area contributed by atoms with Crippen LogP contribution in [0.5, 0.6) is 0 Å². The zero-order chi connectivity index (χ0) is 25.2. The second-order valence-corrected chi connectivity index (χ2v) is 9.09. The molecule has 1 aliphatic heterocycles. The third-order valence-electron chi connectivity index (χ3n) is 5.05. The third kappa shape index (κ3) is 5.59. The Kier molecular flexibility index (Phi) is 7.67. The van der Waals surface area contributed by atoms with Gasteiger partial charge in [0.2, 0.25) is 0 Å². The van der Waals surface area contributed by atoms with Crippen LogP contribution < -0.4 is 0 Å². The fourth-order valence-corrected chi connectivity index (χ4v) is 3.77. The molecular weight excluding hydrogens is 470 g/mol. The van der Waals surface area contributed by atoms with E-state index in [0.717, 1.165) is 0 Å². The molecule has 184 valence electrons. The Morgan fingerprint density at radius 2 is 2.03 bits per heavy atom. The Balaban J connectivity index is 2.03. The van der Waals surface area contributed by atoms with Gasteiger partial charge in [0.15, 0.2) is 5.76 Å². The van der Waals surface area contributed by atoms with E-state index in [2.05, 4.69) is 4.98 Å². The van der Waals surface area contributed by atoms with E-state index in [4.69, 9.17) is 25.5 Å². The number of alkyl halides is 2. The molecular formula is C24H27ClF2N2O5. The van der Waals surface area contributed by atoms with Crippen LogP contribution in [0.1, 0.15) is 52.0 Å². The summed E-state index contributed by atoms with van der Waals surface area (Å²) in [5, 5.41) is 11.3. The fourth-order valence-electron chi connectivity index (χ4n) is 3.59. The average molecular weight is 497 g/mol. The summed E-state index contributed by atoms with van der Waals surface area (Å²) in [6, 6.07) is 4.03. The smallest absolute Gasteiger partial charge is 0.329 e. The predicted molar refractivity (Wildman–Crippen MR) is 123 cm³/mol. The number of rotatable bonds is 7. The molecule has 0 spiro atoms. The van der Waals surface area contributed by atoms with Crippen molar-refractivity contribution in [2.24, 2.45) is 0 Å². The number of esters is 1. The van der Waals surface area contributed by atoms with E-state index in [9.17, 15) is 18.7 Å². The molecule has 2 heterocycles. The first kappa shape index (κ1) is 25.7. The van der Waals surface area contributed by atoms with Crippen molar-refractivity contribution < 1.29 is 32.6 Å². The molecule has 0 saturated heterocycles. The van der Waals surface area contributed by atoms with Crippen molar-refractivity contribution in [1.82, 2.24) is 9.88 Å². The van der Waals surface area contributed by atoms with Gasteiger partial charge < -0.3 is 23.9 Å². The van der Waals surface area contributed by atoms with Crippen LogP contribution in [0.15, 0.2) is 46.8 Å². The van der Waals surface area contributed by atoms with Crippen molar-refractivity contribution in [3.05, 3.63) is 58.9 Å². The van der Waals surface area contributed by atoms with Crippen LogP contribution in [0, 0.1) is 0 Å². The molecule has 1 aromatic heterocycles. The average Bonchev–Trinajstić information content (AvgIpc) is 3.24. The zero-order valence-electron chi connectivity index (χ0n) is 19.5. The maximum absolute atomic E-state index is 13.0. The van der Waals surface area contributed by atoms with Gasteiger partial charge in [0.25, 0.3) is 5.89 Å². The molecule has 0 fully saturated rings. The summed E-state index contributed by atoms with van der Waals surface area (Å²) in [6.45, 7) is 7.10. The highest BCUT2D eigenvalue weighted by atomic mass is 35.5. The summed E-state index contributed by atoms with van der Waals surface area (Å²) in [5.41, 5.74) is 0.654. The summed E-state index contributed by atoms with van der Waals surface area (Å²) in [5.74, 6) is -0.757. The standard InChI is InChI=1S/C24H27ClF2N2O5/c1-6-17(23(31)34-24(2,3)4)29-12-19(32-5)16(10-20(29)30)15-9-13(25)7-8-14(15)18-11-28-22(33-18)21(26)27/h7-12,17,20-21,30H,6H2,1-5H3. The molecule has 0 amide bonds. The normalized spacial score (nSPS) is 17.4. The Hall–Kier alpha value is -2.91. The van der Waals surface area contributed by atoms with Gasteiger partial charge in [-0.2, -0.15) is 8.78 Å². The number of hydrogen-bond donors (Lipinski definition) is 1. The molecule has 0 saturated carbocycles. The number of aromatic nitrogens is 1. The maximum atomic E-state index is 13.0. The van der Waals surface area contributed by atoms with E-state index in [1.807, 2.05) is 0 Å². The van der Waals surface area contributed by atoms with E-state index in [1.165, 1.54) is 30.5 Å². The van der Waals surface area contributed by atoms with E-state index >= 15 is 0 Å². The lowest BCUT2D eigenvalue weighted by molar-refractivity contribution is -0.163. The second kappa shape index (κ2) is 10.1. The van der Waals surface area contributed by atoms with Crippen LogP contribution in [-0.2, 0) is 14.3 Å². The number of nitrogens with zero attached hydrogens (tertiary/aromatic N) is 2. The minimum absolute atomic E-state index is 0.107. The molecule has 0 bridgehead atoms. The van der Waals surface area contributed by atoms with Gasteiger partial charge in [-0.15, -0.1) is 0 Å². The minimum Gasteiger partial charge on any atom is -0.495 e. The van der Waals surface area contributed by atoms with Crippen LogP contribution in [0.3, 0.4) is 0 Å². The summed E-state index contributed by atoms with van der Waals surface area (Å²) in [7, 11) is 1.44. The van der Waals surface area contributed by atoms with Crippen LogP contribution in [0.4, 0.5) is 8.78 Å². The SMILES string of the molecule is CCC(C(=O)OC(C)(C)C)N1C=C(OC)C(c2cc(Cl)ccc2-c2cnc(C(F)F)o2)=CC1O. The molecule has 0 radical (unpaired) electrons. The van der Waals surface area contributed by atoms with Crippen molar-refractivity contribution in [3.8, 4) is 11.3 Å². The Morgan fingerprint density at radius 1 is 1.32 bits per heavy atom. The molecule has 0 aliphatic carbocycles. The maximum Gasteiger partial charge on any atom is 0.329 e. The van der Waals surface area contributed by atoms with Gasteiger partial charge in [-0.05, 0) is 57.0 Å². The summed E-state index contributed by atoms with van der Waals surface area (Å²) in [6.07, 6.45) is 0.525. The molecule has 2 aromatic rings. The topological polar surface area (TPSA) is 85.0 Å². The number of methoxy groups -OCH3 is 1. The van der Waals surface area contributed by atoms with E-state index < -0.39 is 36.2 Å². The van der Waals surface area contributed by atoms with Gasteiger partial charge in [0, 0.05) is 22.4 Å². The van der Waals surface area contributed by atoms with Crippen molar-refractivity contribution in [2.45, 2.75) is 58.4 Å². The van der Waals surface area contributed by atoms with Crippen molar-refractivity contribution in [3.63, 3.8) is 0 Å². The number of aliphatic hydroxyl groups is 1. The number of oxazole rings is 1. The lowest BCUT2D eigenvalue weighted by atomic mass is 9.94. The Morgan fingerprint density at radius 3 is 2.59 bits per heavy atom. The lowest BCUT2D eigenvalue weighted by Crippen LogP contribution is -2.47. The van der Waals surface area contributed by atoms with Crippen molar-refractivity contribution in [1.29, 1.82) is 0 Å². The molecule has 1 aliphatic rings. The summed E-state index contributed by atoms with van der Waals surface area (Å²) < 4.78 is 42.3. The van der Waals surface area contributed by atoms with Gasteiger partial charge in [0.05, 0.1) is 13.3 Å². The summed E-state index contributed by atoms with van der Waals surface area (Å²) in [4.78, 5) is 17.8. The first-order valence-electron chi connectivity index (χ1n) is 10.7. The predicted octanol–water partition coefficient (Wildman–Crippen LogP) is 5.56. The molecule has 10 heteroatoms. The number of carbonyl (C=O) groups is 1. The molecule has 2 atom stereocenters. The lowest BCUT2D eigenvalue weighted by Gasteiger charge is -2.36. The van der Waals surface area contributed by atoms with Gasteiger partial charge in [0.1, 0.15) is 23.6 Å². The number of aliphatic hydroxyl groups excluding tert-OH is 1. The van der Waals surface area contributed by atoms with Gasteiger partial charge >= 0.3 is 12.4 Å². The molecule has 34 heavy (non-hydrogen) atoms. The van der Waals surface area contributed by atoms with Crippen LogP contribution >= 0.6 is 11.6 Å². The molecule has 7 nitrogen and oxygen atoms in total. The quantitative estimate of drug-likeness (QED) is 0.502. The Bertz CT molecular complexity index is 1110. The highest BCUT2D eigenvalue weighted by Crippen LogP contribution is 2.38. The largest absolute Gasteiger partial charge is 0.495 e. The third-order valence-corrected chi connectivity index (χ3v) is 5.28. The number of ether oxygens (including phenoxy) is 2. The van der Waals surface area contributed by atoms with Gasteiger partial charge in [-0.3, -0.25) is 0 Å². The molecule has 1 aromatic carbocycles. The molecule has 1 N–H and O–H groups in total. The summed E-state index contributed by atoms with van der Waals surface area (Å²) >= 11 is 6.22. The van der Waals surface area contributed by atoms with Crippen molar-refractivity contribution in [2.75, 3.05) is 7.11 Å².